The molecule has 1 aromatic carbocycles. The molecule has 0 bridgehead atoms. The van der Waals surface area contributed by atoms with Gasteiger partial charge in [0.25, 0.3) is 6.08 Å². The third kappa shape index (κ3) is 3.83. The molecule has 0 saturated carbocycles. The quantitative estimate of drug-likeness (QED) is 0.476. The fourth-order valence-corrected chi connectivity index (χ4v) is 1.10. The fraction of sp³-hybridized carbons (Fsp3) is 0.182. The van der Waals surface area contributed by atoms with Crippen LogP contribution >= 0.6 is 0 Å². The average molecular weight is 266 g/mol. The number of benzene rings is 1. The summed E-state index contributed by atoms with van der Waals surface area (Å²) in [6.45, 7) is -0.507. The van der Waals surface area contributed by atoms with Gasteiger partial charge in [0.05, 0.1) is 0 Å². The van der Waals surface area contributed by atoms with Gasteiger partial charge in [-0.05, 0) is 5.56 Å². The molecule has 0 saturated heterocycles. The Balaban J connectivity index is 2.74. The zero-order chi connectivity index (χ0) is 13.8. The van der Waals surface area contributed by atoms with E-state index in [1.54, 1.807) is 18.2 Å². The van der Waals surface area contributed by atoms with E-state index in [2.05, 4.69) is 4.74 Å². The topological polar surface area (TPSA) is 26.3 Å². The van der Waals surface area contributed by atoms with E-state index in [-0.39, 0.29) is 0 Å². The number of rotatable bonds is 3. The van der Waals surface area contributed by atoms with Crippen LogP contribution in [0.3, 0.4) is 0 Å². The highest BCUT2D eigenvalue weighted by Gasteiger charge is 2.44. The van der Waals surface area contributed by atoms with Gasteiger partial charge in [-0.15, -0.1) is 0 Å². The van der Waals surface area contributed by atoms with Gasteiger partial charge in [0.15, 0.2) is 0 Å². The summed E-state index contributed by atoms with van der Waals surface area (Å²) in [5.41, 5.74) is -2.18. The summed E-state index contributed by atoms with van der Waals surface area (Å²) in [5.74, 6) is -2.09. The smallest absolute Gasteiger partial charge is 0.428 e. The van der Waals surface area contributed by atoms with E-state index < -0.39 is 30.4 Å². The molecule has 0 radical (unpaired) electrons. The molecule has 0 atom stereocenters. The molecular formula is C11H7F5O2. The third-order valence-corrected chi connectivity index (χ3v) is 1.89. The maximum atomic E-state index is 12.1. The average Bonchev–Trinajstić information content (AvgIpc) is 2.25. The van der Waals surface area contributed by atoms with Gasteiger partial charge >= 0.3 is 12.1 Å². The normalized spacial score (nSPS) is 10.9. The highest BCUT2D eigenvalue weighted by Crippen LogP contribution is 2.30. The van der Waals surface area contributed by atoms with Gasteiger partial charge in [0.2, 0.25) is 5.57 Å². The zero-order valence-corrected chi connectivity index (χ0v) is 8.80. The number of carbonyl (C=O) groups excluding carboxylic acids is 1. The zero-order valence-electron chi connectivity index (χ0n) is 8.80. The lowest BCUT2D eigenvalue weighted by atomic mass is 10.2. The van der Waals surface area contributed by atoms with Crippen LogP contribution in [0.1, 0.15) is 5.56 Å². The van der Waals surface area contributed by atoms with E-state index in [1.807, 2.05) is 0 Å². The van der Waals surface area contributed by atoms with E-state index in [0.29, 0.717) is 5.56 Å². The molecule has 0 amide bonds. The molecule has 1 aromatic rings. The van der Waals surface area contributed by atoms with Crippen molar-refractivity contribution in [2.75, 3.05) is 0 Å². The monoisotopic (exact) mass is 266 g/mol. The van der Waals surface area contributed by atoms with Gasteiger partial charge in [0, 0.05) is 0 Å². The molecule has 18 heavy (non-hydrogen) atoms. The van der Waals surface area contributed by atoms with E-state index in [4.69, 9.17) is 0 Å². The van der Waals surface area contributed by atoms with Crippen molar-refractivity contribution in [3.05, 3.63) is 47.5 Å². The Morgan fingerprint density at radius 2 is 1.67 bits per heavy atom. The molecule has 0 N–H and O–H groups in total. The molecule has 98 valence electrons. The van der Waals surface area contributed by atoms with Crippen molar-refractivity contribution < 1.29 is 31.5 Å². The second-order valence-electron chi connectivity index (χ2n) is 3.19. The van der Waals surface area contributed by atoms with Gasteiger partial charge < -0.3 is 4.74 Å². The van der Waals surface area contributed by atoms with Crippen molar-refractivity contribution >= 4 is 5.97 Å². The highest BCUT2D eigenvalue weighted by molar-refractivity contribution is 5.90. The van der Waals surface area contributed by atoms with Crippen LogP contribution in [0.15, 0.2) is 42.0 Å². The first-order valence-corrected chi connectivity index (χ1v) is 4.66. The Morgan fingerprint density at radius 3 is 2.11 bits per heavy atom. The molecule has 0 heterocycles. The van der Waals surface area contributed by atoms with Crippen molar-refractivity contribution in [1.82, 2.24) is 0 Å². The second kappa shape index (κ2) is 5.61. The van der Waals surface area contributed by atoms with Crippen LogP contribution in [-0.4, -0.2) is 12.1 Å². The predicted octanol–water partition coefficient (Wildman–Crippen LogP) is 3.44. The maximum absolute atomic E-state index is 12.1. The lowest BCUT2D eigenvalue weighted by Crippen LogP contribution is -2.23. The standard InChI is InChI=1S/C11H7F5O2/c12-9(13)8(11(14,15)16)10(17)18-6-7-4-2-1-3-5-7/h1-5H,6H2. The van der Waals surface area contributed by atoms with Crippen LogP contribution in [0, 0.1) is 0 Å². The lowest BCUT2D eigenvalue weighted by Gasteiger charge is -2.10. The molecule has 0 aliphatic heterocycles. The highest BCUT2D eigenvalue weighted by atomic mass is 19.4. The fourth-order valence-electron chi connectivity index (χ4n) is 1.10. The summed E-state index contributed by atoms with van der Waals surface area (Å²) in [6, 6.07) is 7.75. The van der Waals surface area contributed by atoms with Crippen molar-refractivity contribution in [3.8, 4) is 0 Å². The Bertz CT molecular complexity index is 446. The first-order valence-electron chi connectivity index (χ1n) is 4.66. The Kier molecular flexibility index (Phi) is 4.41. The molecule has 0 unspecified atom stereocenters. The molecule has 0 aliphatic carbocycles. The number of esters is 1. The minimum Gasteiger partial charge on any atom is -0.457 e. The molecular weight excluding hydrogens is 259 g/mol. The Hall–Kier alpha value is -1.92. The number of ether oxygens (including phenoxy) is 1. The molecule has 0 fully saturated rings. The maximum Gasteiger partial charge on any atom is 0.428 e. The number of carbonyl (C=O) groups is 1. The number of halogens is 5. The van der Waals surface area contributed by atoms with Gasteiger partial charge in [-0.2, -0.15) is 22.0 Å². The molecule has 0 spiro atoms. The summed E-state index contributed by atoms with van der Waals surface area (Å²) in [7, 11) is 0. The molecule has 2 nitrogen and oxygen atoms in total. The summed E-state index contributed by atoms with van der Waals surface area (Å²) in [4.78, 5) is 10.9. The summed E-state index contributed by atoms with van der Waals surface area (Å²) < 4.78 is 64.6. The largest absolute Gasteiger partial charge is 0.457 e. The van der Waals surface area contributed by atoms with Crippen LogP contribution in [-0.2, 0) is 16.1 Å². The minimum absolute atomic E-state index is 0.395. The Labute approximate surface area is 98.7 Å². The van der Waals surface area contributed by atoms with Crippen LogP contribution in [0.25, 0.3) is 0 Å². The molecule has 0 aromatic heterocycles. The first-order chi connectivity index (χ1) is 8.32. The van der Waals surface area contributed by atoms with Crippen LogP contribution < -0.4 is 0 Å². The van der Waals surface area contributed by atoms with Gasteiger partial charge in [-0.25, -0.2) is 4.79 Å². The number of hydrogen-bond donors (Lipinski definition) is 0. The van der Waals surface area contributed by atoms with Crippen LogP contribution in [0.2, 0.25) is 0 Å². The van der Waals surface area contributed by atoms with Crippen molar-refractivity contribution in [1.29, 1.82) is 0 Å². The number of hydrogen-bond acceptors (Lipinski definition) is 2. The minimum atomic E-state index is -5.44. The molecule has 0 aliphatic rings. The van der Waals surface area contributed by atoms with Gasteiger partial charge in [-0.3, -0.25) is 0 Å². The molecule has 7 heteroatoms. The van der Waals surface area contributed by atoms with E-state index in [1.165, 1.54) is 12.1 Å². The second-order valence-corrected chi connectivity index (χ2v) is 3.19. The van der Waals surface area contributed by atoms with E-state index in [0.717, 1.165) is 0 Å². The summed E-state index contributed by atoms with van der Waals surface area (Å²) in [5, 5.41) is 0. The summed E-state index contributed by atoms with van der Waals surface area (Å²) in [6.07, 6.45) is -8.55. The Morgan fingerprint density at radius 1 is 1.11 bits per heavy atom. The van der Waals surface area contributed by atoms with Gasteiger partial charge in [-0.1, -0.05) is 30.3 Å². The third-order valence-electron chi connectivity index (χ3n) is 1.89. The van der Waals surface area contributed by atoms with Crippen LogP contribution in [0.4, 0.5) is 22.0 Å². The first kappa shape index (κ1) is 14.1. The van der Waals surface area contributed by atoms with Gasteiger partial charge in [0.1, 0.15) is 6.61 Å². The number of alkyl halides is 3. The van der Waals surface area contributed by atoms with Crippen molar-refractivity contribution in [2.45, 2.75) is 12.8 Å². The molecule has 1 rings (SSSR count). The van der Waals surface area contributed by atoms with E-state index in [9.17, 15) is 26.7 Å². The lowest BCUT2D eigenvalue weighted by molar-refractivity contribution is -0.153. The van der Waals surface area contributed by atoms with E-state index >= 15 is 0 Å². The summed E-state index contributed by atoms with van der Waals surface area (Å²) >= 11 is 0. The SMILES string of the molecule is O=C(OCc1ccccc1)C(=C(F)F)C(F)(F)F. The van der Waals surface area contributed by atoms with Crippen molar-refractivity contribution in [3.63, 3.8) is 0 Å². The van der Waals surface area contributed by atoms with Crippen molar-refractivity contribution in [2.24, 2.45) is 0 Å². The van der Waals surface area contributed by atoms with Crippen LogP contribution in [0.5, 0.6) is 0 Å². The predicted molar refractivity (Wildman–Crippen MR) is 51.5 cm³/mol.